The lowest BCUT2D eigenvalue weighted by Gasteiger charge is -2.20. The number of hydrogen-bond acceptors (Lipinski definition) is 4. The first-order valence-corrected chi connectivity index (χ1v) is 16.7. The molecule has 1 aromatic heterocycles. The Labute approximate surface area is 249 Å². The molecule has 0 N–H and O–H groups in total. The van der Waals surface area contributed by atoms with Crippen LogP contribution in [0.2, 0.25) is 0 Å². The molecule has 0 amide bonds. The molecule has 0 radical (unpaired) electrons. The summed E-state index contributed by atoms with van der Waals surface area (Å²) < 4.78 is 4.73. The van der Waals surface area contributed by atoms with Crippen molar-refractivity contribution >= 4 is 45.6 Å². The first-order chi connectivity index (χ1) is 19.5. The second-order valence-electron chi connectivity index (χ2n) is 10.6. The molecule has 4 rings (SSSR count). The molecular weight excluding hydrogens is 529 g/mol. The zero-order valence-electron chi connectivity index (χ0n) is 24.5. The van der Waals surface area contributed by atoms with Crippen molar-refractivity contribution in [2.24, 2.45) is 0 Å². The highest BCUT2D eigenvalue weighted by molar-refractivity contribution is 8.76. The summed E-state index contributed by atoms with van der Waals surface area (Å²) in [5.74, 6) is 2.26. The number of benzene rings is 1. The highest BCUT2D eigenvalue weighted by Gasteiger charge is 2.10. The maximum Gasteiger partial charge on any atom is 0.169 e. The Hall–Kier alpha value is -2.96. The SMILES string of the molecule is CN(C)C1=CC=C(/C=C/c2cc[n+](CCSSCC[N+]3=CC=C(/C=C/c4ccc(N(C)C)cc4)CC3)cc2)CC1. The van der Waals surface area contributed by atoms with E-state index in [-0.39, 0.29) is 0 Å². The Morgan fingerprint density at radius 1 is 0.675 bits per heavy atom. The highest BCUT2D eigenvalue weighted by atomic mass is 33.1. The fourth-order valence-corrected chi connectivity index (χ4v) is 6.53. The first kappa shape index (κ1) is 30.0. The van der Waals surface area contributed by atoms with E-state index in [0.29, 0.717) is 0 Å². The second-order valence-corrected chi connectivity index (χ2v) is 13.3. The molecule has 4 nitrogen and oxygen atoms in total. The summed E-state index contributed by atoms with van der Waals surface area (Å²) in [5, 5.41) is 0. The molecule has 1 aromatic carbocycles. The van der Waals surface area contributed by atoms with Crippen molar-refractivity contribution < 1.29 is 9.14 Å². The molecule has 2 aromatic rings. The Balaban J connectivity index is 1.11. The van der Waals surface area contributed by atoms with E-state index in [9.17, 15) is 0 Å². The molecule has 0 saturated carbocycles. The highest BCUT2D eigenvalue weighted by Crippen LogP contribution is 2.22. The molecule has 1 aliphatic heterocycles. The van der Waals surface area contributed by atoms with Crippen molar-refractivity contribution in [1.82, 2.24) is 4.90 Å². The summed E-state index contributed by atoms with van der Waals surface area (Å²) in [4.78, 5) is 4.33. The van der Waals surface area contributed by atoms with Crippen LogP contribution in [-0.4, -0.2) is 68.5 Å². The molecular formula is C34H44N4S2+2. The molecule has 0 atom stereocenters. The van der Waals surface area contributed by atoms with Gasteiger partial charge >= 0.3 is 0 Å². The summed E-state index contributed by atoms with van der Waals surface area (Å²) in [6, 6.07) is 13.1. The van der Waals surface area contributed by atoms with Gasteiger partial charge in [-0.25, -0.2) is 9.14 Å². The monoisotopic (exact) mass is 572 g/mol. The average molecular weight is 573 g/mol. The minimum atomic E-state index is 1.04. The summed E-state index contributed by atoms with van der Waals surface area (Å²) >= 11 is 0. The molecule has 0 unspecified atom stereocenters. The van der Waals surface area contributed by atoms with Gasteiger partial charge in [-0.15, -0.1) is 0 Å². The predicted molar refractivity (Wildman–Crippen MR) is 178 cm³/mol. The zero-order chi connectivity index (χ0) is 28.2. The summed E-state index contributed by atoms with van der Waals surface area (Å²) in [5.41, 5.74) is 7.93. The number of anilines is 1. The van der Waals surface area contributed by atoms with Crippen molar-refractivity contribution in [2.75, 3.05) is 57.7 Å². The van der Waals surface area contributed by atoms with Crippen LogP contribution < -0.4 is 9.47 Å². The average Bonchev–Trinajstić information content (AvgIpc) is 2.98. The standard InChI is InChI=1S/C34H44N4S2/c1-35(2)33-13-9-29(10-14-33)5-7-31-17-21-37(22-18-31)25-27-39-40-28-26-38-23-19-32(20-24-38)8-6-30-11-15-34(16-12-30)36(3)4/h5-11,13-15,17,19-21,23-24H,12,16,18,22,25-28H2,1-4H3/q+2. The van der Waals surface area contributed by atoms with Gasteiger partial charge in [0, 0.05) is 64.2 Å². The quantitative estimate of drug-likeness (QED) is 0.150. The van der Waals surface area contributed by atoms with Gasteiger partial charge in [-0.2, -0.15) is 0 Å². The van der Waals surface area contributed by atoms with Gasteiger partial charge in [-0.3, -0.25) is 0 Å². The van der Waals surface area contributed by atoms with Crippen LogP contribution in [0.25, 0.3) is 12.2 Å². The minimum Gasteiger partial charge on any atom is -0.381 e. The van der Waals surface area contributed by atoms with Crippen LogP contribution in [0.1, 0.15) is 30.4 Å². The van der Waals surface area contributed by atoms with Crippen molar-refractivity contribution in [2.45, 2.75) is 25.8 Å². The molecule has 0 fully saturated rings. The predicted octanol–water partition coefficient (Wildman–Crippen LogP) is 6.73. The fraction of sp³-hybridized carbons (Fsp3) is 0.353. The number of allylic oxidation sites excluding steroid dienone is 7. The Kier molecular flexibility index (Phi) is 11.8. The number of rotatable bonds is 13. The molecule has 1 aliphatic carbocycles. The molecule has 0 saturated heterocycles. The number of pyridine rings is 1. The minimum absolute atomic E-state index is 1.04. The van der Waals surface area contributed by atoms with Crippen LogP contribution in [0, 0.1) is 0 Å². The Morgan fingerprint density at radius 2 is 1.32 bits per heavy atom. The van der Waals surface area contributed by atoms with Crippen LogP contribution in [0.3, 0.4) is 0 Å². The van der Waals surface area contributed by atoms with E-state index in [2.05, 4.69) is 145 Å². The molecule has 0 spiro atoms. The number of hydrogen-bond donors (Lipinski definition) is 0. The van der Waals surface area contributed by atoms with E-state index in [1.54, 1.807) is 0 Å². The molecule has 2 aliphatic rings. The lowest BCUT2D eigenvalue weighted by Crippen LogP contribution is -2.33. The van der Waals surface area contributed by atoms with Crippen LogP contribution >= 0.6 is 21.6 Å². The van der Waals surface area contributed by atoms with Crippen molar-refractivity contribution in [3.8, 4) is 0 Å². The lowest BCUT2D eigenvalue weighted by molar-refractivity contribution is -0.692. The zero-order valence-corrected chi connectivity index (χ0v) is 26.1. The molecule has 2 heterocycles. The van der Waals surface area contributed by atoms with Gasteiger partial charge in [0.2, 0.25) is 0 Å². The van der Waals surface area contributed by atoms with Gasteiger partial charge in [0.1, 0.15) is 6.54 Å². The largest absolute Gasteiger partial charge is 0.381 e. The maximum atomic E-state index is 2.44. The van der Waals surface area contributed by atoms with E-state index in [1.807, 2.05) is 21.6 Å². The normalized spacial score (nSPS) is 15.6. The second kappa shape index (κ2) is 15.7. The van der Waals surface area contributed by atoms with E-state index in [1.165, 1.54) is 33.7 Å². The first-order valence-electron chi connectivity index (χ1n) is 14.2. The van der Waals surface area contributed by atoms with Gasteiger partial charge in [0.15, 0.2) is 31.7 Å². The van der Waals surface area contributed by atoms with Gasteiger partial charge in [0.05, 0.1) is 11.5 Å². The van der Waals surface area contributed by atoms with Gasteiger partial charge < -0.3 is 9.80 Å². The summed E-state index contributed by atoms with van der Waals surface area (Å²) in [6.07, 6.45) is 25.7. The van der Waals surface area contributed by atoms with Gasteiger partial charge in [0.25, 0.3) is 0 Å². The third-order valence-electron chi connectivity index (χ3n) is 7.21. The van der Waals surface area contributed by atoms with Crippen LogP contribution in [-0.2, 0) is 6.54 Å². The molecule has 210 valence electrons. The van der Waals surface area contributed by atoms with Crippen LogP contribution in [0.5, 0.6) is 0 Å². The molecule has 40 heavy (non-hydrogen) atoms. The van der Waals surface area contributed by atoms with E-state index >= 15 is 0 Å². The Morgan fingerprint density at radius 3 is 1.90 bits per heavy atom. The van der Waals surface area contributed by atoms with E-state index in [4.69, 9.17) is 0 Å². The number of aryl methyl sites for hydroxylation is 1. The topological polar surface area (TPSA) is 13.4 Å². The lowest BCUT2D eigenvalue weighted by atomic mass is 10.0. The third kappa shape index (κ3) is 9.90. The summed E-state index contributed by atoms with van der Waals surface area (Å²) in [7, 11) is 12.3. The van der Waals surface area contributed by atoms with E-state index in [0.717, 1.165) is 50.4 Å². The fourth-order valence-electron chi connectivity index (χ4n) is 4.55. The van der Waals surface area contributed by atoms with Crippen molar-refractivity contribution in [1.29, 1.82) is 0 Å². The summed E-state index contributed by atoms with van der Waals surface area (Å²) in [6.45, 7) is 3.24. The van der Waals surface area contributed by atoms with Crippen LogP contribution in [0.4, 0.5) is 5.69 Å². The van der Waals surface area contributed by atoms with Crippen molar-refractivity contribution in [3.05, 3.63) is 107 Å². The van der Waals surface area contributed by atoms with E-state index < -0.39 is 0 Å². The van der Waals surface area contributed by atoms with Gasteiger partial charge in [-0.1, -0.05) is 64.1 Å². The van der Waals surface area contributed by atoms with Gasteiger partial charge in [-0.05, 0) is 53.3 Å². The maximum absolute atomic E-state index is 2.44. The number of nitrogens with zero attached hydrogens (tertiary/aromatic N) is 4. The molecule has 6 heteroatoms. The Bertz CT molecular complexity index is 1280. The molecule has 0 bridgehead atoms. The van der Waals surface area contributed by atoms with Crippen LogP contribution in [0.15, 0.2) is 96.0 Å². The number of aromatic nitrogens is 1. The third-order valence-corrected chi connectivity index (χ3v) is 9.57. The van der Waals surface area contributed by atoms with Crippen molar-refractivity contribution in [3.63, 3.8) is 0 Å². The smallest absolute Gasteiger partial charge is 0.169 e.